The molecule has 17 heavy (non-hydrogen) atoms. The summed E-state index contributed by atoms with van der Waals surface area (Å²) in [5.41, 5.74) is 4.29. The van der Waals surface area contributed by atoms with Crippen LogP contribution in [0.1, 0.15) is 18.1 Å². The molecule has 0 bridgehead atoms. The van der Waals surface area contributed by atoms with E-state index < -0.39 is 0 Å². The maximum atomic E-state index is 5.33. The first-order chi connectivity index (χ1) is 8.33. The number of rotatable bonds is 1. The molecule has 0 N–H and O–H groups in total. The van der Waals surface area contributed by atoms with Crippen LogP contribution in [0.25, 0.3) is 11.1 Å². The number of benzene rings is 2. The summed E-state index contributed by atoms with van der Waals surface area (Å²) in [7, 11) is 0. The molecule has 2 rings (SSSR count). The Morgan fingerprint density at radius 3 is 1.65 bits per heavy atom. The van der Waals surface area contributed by atoms with E-state index in [1.54, 1.807) is 0 Å². The molecule has 2 aromatic carbocycles. The van der Waals surface area contributed by atoms with E-state index in [0.29, 0.717) is 0 Å². The third kappa shape index (κ3) is 2.57. The summed E-state index contributed by atoms with van der Waals surface area (Å²) in [4.78, 5) is 0. The fourth-order valence-electron chi connectivity index (χ4n) is 1.65. The van der Waals surface area contributed by atoms with Gasteiger partial charge in [-0.05, 0) is 42.3 Å². The molecule has 0 heteroatoms. The predicted octanol–water partition coefficient (Wildman–Crippen LogP) is 3.71. The van der Waals surface area contributed by atoms with Crippen LogP contribution in [0.3, 0.4) is 0 Å². The third-order valence-corrected chi connectivity index (χ3v) is 2.54. The summed E-state index contributed by atoms with van der Waals surface area (Å²) in [5.74, 6) is 8.53. The molecule has 0 heterocycles. The molecule has 0 aromatic heterocycles. The monoisotopic (exact) mass is 216 g/mol. The highest BCUT2D eigenvalue weighted by Crippen LogP contribution is 2.19. The molecule has 0 aliphatic heterocycles. The third-order valence-electron chi connectivity index (χ3n) is 2.54. The van der Waals surface area contributed by atoms with Crippen molar-refractivity contribution in [1.29, 1.82) is 0 Å². The molecule has 0 radical (unpaired) electrons. The van der Waals surface area contributed by atoms with Crippen molar-refractivity contribution in [2.45, 2.75) is 6.92 Å². The molecule has 0 nitrogen and oxygen atoms in total. The minimum Gasteiger partial charge on any atom is -0.115 e. The van der Waals surface area contributed by atoms with Crippen LogP contribution in [0, 0.1) is 24.2 Å². The highest BCUT2D eigenvalue weighted by Gasteiger charge is 1.97. The first kappa shape index (κ1) is 11.1. The normalized spacial score (nSPS) is 8.94. The van der Waals surface area contributed by atoms with Gasteiger partial charge in [0.2, 0.25) is 0 Å². The molecule has 0 aliphatic rings. The van der Waals surface area contributed by atoms with Crippen molar-refractivity contribution >= 4 is 0 Å². The average molecular weight is 216 g/mol. The van der Waals surface area contributed by atoms with E-state index in [0.717, 1.165) is 11.1 Å². The van der Waals surface area contributed by atoms with Crippen LogP contribution in [0.15, 0.2) is 48.5 Å². The molecule has 0 saturated carbocycles. The van der Waals surface area contributed by atoms with Crippen molar-refractivity contribution in [3.63, 3.8) is 0 Å². The van der Waals surface area contributed by atoms with Gasteiger partial charge in [-0.3, -0.25) is 0 Å². The lowest BCUT2D eigenvalue weighted by molar-refractivity contribution is 1.58. The van der Waals surface area contributed by atoms with Crippen LogP contribution < -0.4 is 0 Å². The summed E-state index contributed by atoms with van der Waals surface area (Å²) in [6.07, 6.45) is 5.33. The lowest BCUT2D eigenvalue weighted by Gasteiger charge is -2.02. The van der Waals surface area contributed by atoms with Gasteiger partial charge >= 0.3 is 0 Å². The van der Waals surface area contributed by atoms with E-state index in [4.69, 9.17) is 6.42 Å². The Hall–Kier alpha value is -2.44. The maximum absolute atomic E-state index is 5.33. The SMILES string of the molecule is C#Cc1ccc(-c2ccc(C#CC)cc2)cc1. The van der Waals surface area contributed by atoms with Crippen molar-refractivity contribution in [2.24, 2.45) is 0 Å². The number of hydrogen-bond donors (Lipinski definition) is 0. The first-order valence-corrected chi connectivity index (χ1v) is 5.43. The van der Waals surface area contributed by atoms with E-state index in [1.165, 1.54) is 11.1 Å². The van der Waals surface area contributed by atoms with E-state index in [1.807, 2.05) is 43.3 Å². The zero-order chi connectivity index (χ0) is 12.1. The van der Waals surface area contributed by atoms with Gasteiger partial charge in [0.15, 0.2) is 0 Å². The van der Waals surface area contributed by atoms with Gasteiger partial charge in [0, 0.05) is 11.1 Å². The lowest BCUT2D eigenvalue weighted by Crippen LogP contribution is -1.80. The predicted molar refractivity (Wildman–Crippen MR) is 72.4 cm³/mol. The van der Waals surface area contributed by atoms with Gasteiger partial charge in [0.05, 0.1) is 0 Å². The Morgan fingerprint density at radius 1 is 0.765 bits per heavy atom. The topological polar surface area (TPSA) is 0 Å². The Morgan fingerprint density at radius 2 is 1.24 bits per heavy atom. The van der Waals surface area contributed by atoms with Crippen LogP contribution in [-0.2, 0) is 0 Å². The second kappa shape index (κ2) is 5.06. The standard InChI is InChI=1S/C17H12/c1-3-5-15-8-12-17(13-9-15)16-10-6-14(4-2)7-11-16/h2,6-13H,1H3. The van der Waals surface area contributed by atoms with Gasteiger partial charge in [0.25, 0.3) is 0 Å². The minimum atomic E-state index is 0.905. The molecule has 0 atom stereocenters. The summed E-state index contributed by atoms with van der Waals surface area (Å²) in [5, 5.41) is 0. The molecule has 80 valence electrons. The second-order valence-corrected chi connectivity index (χ2v) is 3.67. The van der Waals surface area contributed by atoms with Gasteiger partial charge in [0.1, 0.15) is 0 Å². The van der Waals surface area contributed by atoms with Crippen molar-refractivity contribution in [3.05, 3.63) is 59.7 Å². The van der Waals surface area contributed by atoms with Gasteiger partial charge < -0.3 is 0 Å². The number of hydrogen-bond acceptors (Lipinski definition) is 0. The average Bonchev–Trinajstić information content (AvgIpc) is 2.40. The Bertz CT molecular complexity index is 596. The molecule has 0 spiro atoms. The molecule has 0 aliphatic carbocycles. The number of terminal acetylenes is 1. The van der Waals surface area contributed by atoms with Crippen LogP contribution in [-0.4, -0.2) is 0 Å². The molecular weight excluding hydrogens is 204 g/mol. The Labute approximate surface area is 102 Å². The van der Waals surface area contributed by atoms with Crippen LogP contribution >= 0.6 is 0 Å². The van der Waals surface area contributed by atoms with E-state index in [9.17, 15) is 0 Å². The largest absolute Gasteiger partial charge is 0.115 e. The van der Waals surface area contributed by atoms with Crippen LogP contribution in [0.5, 0.6) is 0 Å². The molecule has 0 unspecified atom stereocenters. The summed E-state index contributed by atoms with van der Waals surface area (Å²) in [6, 6.07) is 16.2. The Balaban J connectivity index is 2.32. The molecule has 2 aromatic rings. The Kier molecular flexibility index (Phi) is 3.29. The summed E-state index contributed by atoms with van der Waals surface area (Å²) < 4.78 is 0. The van der Waals surface area contributed by atoms with E-state index in [-0.39, 0.29) is 0 Å². The van der Waals surface area contributed by atoms with E-state index in [2.05, 4.69) is 29.9 Å². The lowest BCUT2D eigenvalue weighted by atomic mass is 10.0. The molecule has 0 amide bonds. The van der Waals surface area contributed by atoms with Crippen molar-refractivity contribution < 1.29 is 0 Å². The van der Waals surface area contributed by atoms with Gasteiger partial charge in [-0.2, -0.15) is 0 Å². The van der Waals surface area contributed by atoms with Crippen LogP contribution in [0.2, 0.25) is 0 Å². The highest BCUT2D eigenvalue weighted by molar-refractivity contribution is 5.65. The minimum absolute atomic E-state index is 0.905. The van der Waals surface area contributed by atoms with E-state index >= 15 is 0 Å². The van der Waals surface area contributed by atoms with Crippen molar-refractivity contribution in [1.82, 2.24) is 0 Å². The summed E-state index contributed by atoms with van der Waals surface area (Å²) >= 11 is 0. The fraction of sp³-hybridized carbons (Fsp3) is 0.0588. The highest BCUT2D eigenvalue weighted by atomic mass is 14.0. The quantitative estimate of drug-likeness (QED) is 0.637. The molecule has 0 saturated heterocycles. The zero-order valence-corrected chi connectivity index (χ0v) is 9.70. The fourth-order valence-corrected chi connectivity index (χ4v) is 1.65. The maximum Gasteiger partial charge on any atom is 0.0245 e. The zero-order valence-electron chi connectivity index (χ0n) is 9.70. The molecule has 0 fully saturated rings. The molecular formula is C17H12. The van der Waals surface area contributed by atoms with Crippen molar-refractivity contribution in [3.8, 4) is 35.3 Å². The second-order valence-electron chi connectivity index (χ2n) is 3.67. The van der Waals surface area contributed by atoms with Gasteiger partial charge in [-0.25, -0.2) is 0 Å². The van der Waals surface area contributed by atoms with Gasteiger partial charge in [-0.1, -0.05) is 36.1 Å². The van der Waals surface area contributed by atoms with Crippen LogP contribution in [0.4, 0.5) is 0 Å². The van der Waals surface area contributed by atoms with Gasteiger partial charge in [-0.15, -0.1) is 12.3 Å². The first-order valence-electron chi connectivity index (χ1n) is 5.43. The summed E-state index contributed by atoms with van der Waals surface area (Å²) in [6.45, 7) is 1.84. The van der Waals surface area contributed by atoms with Crippen molar-refractivity contribution in [2.75, 3.05) is 0 Å². The smallest absolute Gasteiger partial charge is 0.0245 e.